The van der Waals surface area contributed by atoms with Gasteiger partial charge in [0.2, 0.25) is 0 Å². The maximum absolute atomic E-state index is 13.1. The van der Waals surface area contributed by atoms with Crippen molar-refractivity contribution >= 4 is 0 Å². The molecule has 0 saturated heterocycles. The average molecular weight is 606 g/mol. The first kappa shape index (κ1) is 30.8. The van der Waals surface area contributed by atoms with Crippen LogP contribution in [0.3, 0.4) is 0 Å². The van der Waals surface area contributed by atoms with Gasteiger partial charge in [0.25, 0.3) is 0 Å². The molecule has 12 heteroatoms. The molecule has 3 aliphatic rings. The number of hydrogen-bond donors (Lipinski definition) is 0. The molecule has 5 unspecified atom stereocenters. The highest BCUT2D eigenvalue weighted by molar-refractivity contribution is 5.45. The number of halogens is 9. The van der Waals surface area contributed by atoms with Crippen LogP contribution in [-0.2, 0) is 15.9 Å². The van der Waals surface area contributed by atoms with Gasteiger partial charge < -0.3 is 14.2 Å². The Morgan fingerprint density at radius 1 is 0.902 bits per heavy atom. The minimum atomic E-state index is -6.73. The van der Waals surface area contributed by atoms with Gasteiger partial charge in [0, 0.05) is 7.98 Å². The summed E-state index contributed by atoms with van der Waals surface area (Å²) in [6.07, 6.45) is -15.3. The van der Waals surface area contributed by atoms with Crippen molar-refractivity contribution in [2.75, 3.05) is 19.8 Å². The van der Waals surface area contributed by atoms with E-state index in [0.717, 1.165) is 43.4 Å². The van der Waals surface area contributed by atoms with Gasteiger partial charge in [-0.3, -0.25) is 0 Å². The summed E-state index contributed by atoms with van der Waals surface area (Å²) < 4.78 is 140. The summed E-state index contributed by atoms with van der Waals surface area (Å²) >= 11 is 0. The average Bonchev–Trinajstić information content (AvgIpc) is 3.20. The van der Waals surface area contributed by atoms with Crippen LogP contribution in [0.5, 0.6) is 5.75 Å². The number of alkyl halides is 9. The van der Waals surface area contributed by atoms with Crippen molar-refractivity contribution in [1.82, 2.24) is 0 Å². The fourth-order valence-corrected chi connectivity index (χ4v) is 7.51. The fourth-order valence-electron chi connectivity index (χ4n) is 7.51. The standard InChI is InChI=1S/C29H37F9O3/c1-4-12-39-23-16-18-6-7-20-19(21(18)15-17(23)2)10-11-25(3)22(20)8-9-24(25)40-13-5-14-41-26(27(30,31)32,28(33,34)35)29(36,37)38/h15-16,19-20,22,24H,4-14H2,1-3H3/i1D. The van der Waals surface area contributed by atoms with Crippen LogP contribution in [0.25, 0.3) is 0 Å². The molecule has 1 aromatic carbocycles. The molecule has 0 radical (unpaired) electrons. The number of rotatable bonds is 9. The minimum Gasteiger partial charge on any atom is -0.493 e. The molecular weight excluding hydrogens is 567 g/mol. The third kappa shape index (κ3) is 5.68. The van der Waals surface area contributed by atoms with Crippen LogP contribution >= 0.6 is 0 Å². The topological polar surface area (TPSA) is 27.7 Å². The highest BCUT2D eigenvalue weighted by Gasteiger charge is 2.85. The molecule has 234 valence electrons. The minimum absolute atomic E-state index is 0.248. The molecule has 0 aliphatic heterocycles. The van der Waals surface area contributed by atoms with E-state index in [1.165, 1.54) is 11.1 Å². The molecule has 0 heterocycles. The van der Waals surface area contributed by atoms with Crippen LogP contribution in [0.2, 0.25) is 0 Å². The molecule has 5 atom stereocenters. The highest BCUT2D eigenvalue weighted by Crippen LogP contribution is 2.62. The van der Waals surface area contributed by atoms with Crippen molar-refractivity contribution in [3.05, 3.63) is 28.8 Å². The van der Waals surface area contributed by atoms with Crippen molar-refractivity contribution < 1.29 is 55.1 Å². The zero-order valence-electron chi connectivity index (χ0n) is 24.1. The zero-order chi connectivity index (χ0) is 31.1. The summed E-state index contributed by atoms with van der Waals surface area (Å²) in [4.78, 5) is 0. The second-order valence-electron chi connectivity index (χ2n) is 11.8. The molecular formula is C29H37F9O3. The summed E-state index contributed by atoms with van der Waals surface area (Å²) in [5.41, 5.74) is -2.86. The van der Waals surface area contributed by atoms with Crippen molar-refractivity contribution in [3.8, 4) is 5.75 Å². The van der Waals surface area contributed by atoms with Crippen LogP contribution in [0.1, 0.15) is 82.7 Å². The molecule has 4 rings (SSSR count). The Kier molecular flexibility index (Phi) is 8.57. The van der Waals surface area contributed by atoms with E-state index < -0.39 is 37.2 Å². The lowest BCUT2D eigenvalue weighted by Gasteiger charge is -2.50. The monoisotopic (exact) mass is 605 g/mol. The van der Waals surface area contributed by atoms with E-state index >= 15 is 0 Å². The van der Waals surface area contributed by atoms with Gasteiger partial charge in [-0.25, -0.2) is 0 Å². The van der Waals surface area contributed by atoms with Gasteiger partial charge in [-0.15, -0.1) is 0 Å². The molecule has 1 aromatic rings. The SMILES string of the molecule is [2H]CCCOc1cc2c(cc1C)C1CCC3(C)C(OCCCOC(C(F)(F)F)(C(F)(F)F)C(F)(F)F)CCC3C1CC2. The number of aryl methyl sites for hydroxylation is 2. The molecule has 0 aromatic heterocycles. The molecule has 0 N–H and O–H groups in total. The number of fused-ring (bicyclic) bond motifs is 5. The van der Waals surface area contributed by atoms with Crippen LogP contribution in [-0.4, -0.2) is 50.1 Å². The van der Waals surface area contributed by atoms with Crippen molar-refractivity contribution in [1.29, 1.82) is 0 Å². The largest absolute Gasteiger partial charge is 0.493 e. The molecule has 0 spiro atoms. The molecule has 2 saturated carbocycles. The lowest BCUT2D eigenvalue weighted by atomic mass is 9.55. The Labute approximate surface area is 235 Å². The van der Waals surface area contributed by atoms with Crippen molar-refractivity contribution in [2.45, 2.75) is 108 Å². The van der Waals surface area contributed by atoms with Gasteiger partial charge >= 0.3 is 24.1 Å². The zero-order valence-corrected chi connectivity index (χ0v) is 23.1. The number of hydrogen-bond acceptors (Lipinski definition) is 3. The van der Waals surface area contributed by atoms with Crippen LogP contribution in [0.15, 0.2) is 12.1 Å². The van der Waals surface area contributed by atoms with Crippen LogP contribution in [0.4, 0.5) is 39.5 Å². The quantitative estimate of drug-likeness (QED) is 0.208. The second kappa shape index (κ2) is 11.4. The first-order chi connectivity index (χ1) is 19.5. The first-order valence-corrected chi connectivity index (χ1v) is 14.0. The normalized spacial score (nSPS) is 29.0. The lowest BCUT2D eigenvalue weighted by molar-refractivity contribution is -0.457. The Bertz CT molecular complexity index is 1050. The Morgan fingerprint density at radius 2 is 1.59 bits per heavy atom. The lowest BCUT2D eigenvalue weighted by Crippen LogP contribution is -2.67. The first-order valence-electron chi connectivity index (χ1n) is 14.7. The molecule has 41 heavy (non-hydrogen) atoms. The van der Waals surface area contributed by atoms with E-state index in [4.69, 9.17) is 10.8 Å². The molecule has 0 bridgehead atoms. The third-order valence-corrected chi connectivity index (χ3v) is 9.46. The van der Waals surface area contributed by atoms with Gasteiger partial charge in [-0.2, -0.15) is 39.5 Å². The van der Waals surface area contributed by atoms with Gasteiger partial charge in [0.05, 0.1) is 19.3 Å². The smallest absolute Gasteiger partial charge is 0.435 e. The Hall–Kier alpha value is -1.69. The summed E-state index contributed by atoms with van der Waals surface area (Å²) in [6.45, 7) is 3.20. The highest BCUT2D eigenvalue weighted by atomic mass is 19.4. The second-order valence-corrected chi connectivity index (χ2v) is 11.8. The maximum Gasteiger partial charge on any atom is 0.435 e. The molecule has 3 nitrogen and oxygen atoms in total. The summed E-state index contributed by atoms with van der Waals surface area (Å²) in [5, 5.41) is 0. The third-order valence-electron chi connectivity index (χ3n) is 9.46. The van der Waals surface area contributed by atoms with Gasteiger partial charge in [-0.05, 0) is 104 Å². The van der Waals surface area contributed by atoms with Gasteiger partial charge in [-0.1, -0.05) is 19.9 Å². The Morgan fingerprint density at radius 3 is 2.22 bits per heavy atom. The number of ether oxygens (including phenoxy) is 3. The van der Waals surface area contributed by atoms with E-state index in [9.17, 15) is 39.5 Å². The van der Waals surface area contributed by atoms with Gasteiger partial charge in [0.1, 0.15) is 5.75 Å². The summed E-state index contributed by atoms with van der Waals surface area (Å²) in [5.74, 6) is 1.92. The van der Waals surface area contributed by atoms with Crippen molar-refractivity contribution in [3.63, 3.8) is 0 Å². The number of benzene rings is 1. The van der Waals surface area contributed by atoms with E-state index in [1.807, 2.05) is 6.92 Å². The Balaban J connectivity index is 1.37. The predicted octanol–water partition coefficient (Wildman–Crippen LogP) is 8.86. The molecule has 2 fully saturated rings. The summed E-state index contributed by atoms with van der Waals surface area (Å²) in [6, 6.07) is 4.32. The van der Waals surface area contributed by atoms with E-state index in [1.54, 1.807) is 0 Å². The van der Waals surface area contributed by atoms with Crippen LogP contribution in [0, 0.1) is 24.2 Å². The predicted molar refractivity (Wildman–Crippen MR) is 133 cm³/mol. The van der Waals surface area contributed by atoms with E-state index in [0.29, 0.717) is 44.1 Å². The fraction of sp³-hybridized carbons (Fsp3) is 0.793. The van der Waals surface area contributed by atoms with Crippen molar-refractivity contribution in [2.24, 2.45) is 17.3 Å². The van der Waals surface area contributed by atoms with E-state index in [2.05, 4.69) is 23.8 Å². The molecule has 3 aliphatic carbocycles. The van der Waals surface area contributed by atoms with E-state index in [-0.39, 0.29) is 18.1 Å². The van der Waals surface area contributed by atoms with Gasteiger partial charge in [0.15, 0.2) is 0 Å². The maximum atomic E-state index is 13.1. The van der Waals surface area contributed by atoms with Crippen LogP contribution < -0.4 is 4.74 Å². The molecule has 0 amide bonds. The summed E-state index contributed by atoms with van der Waals surface area (Å²) in [7, 11) is 0.